The molecule has 0 aliphatic carbocycles. The molecule has 0 bridgehead atoms. The molecule has 86 valence electrons. The summed E-state index contributed by atoms with van der Waals surface area (Å²) >= 11 is 0. The van der Waals surface area contributed by atoms with Gasteiger partial charge in [0.25, 0.3) is 10.1 Å². The largest absolute Gasteiger partial charge is 0.266 e. The lowest BCUT2D eigenvalue weighted by Crippen LogP contribution is -2.31. The monoisotopic (exact) mass is 230 g/mol. The Bertz CT molecular complexity index is 366. The van der Waals surface area contributed by atoms with E-state index in [1.165, 1.54) is 0 Å². The van der Waals surface area contributed by atoms with Gasteiger partial charge in [0.05, 0.1) is 12.4 Å². The Morgan fingerprint density at radius 3 is 2.27 bits per heavy atom. The maximum Gasteiger partial charge on any atom is 0.264 e. The highest BCUT2D eigenvalue weighted by Crippen LogP contribution is 2.28. The zero-order valence-electron chi connectivity index (χ0n) is 9.70. The highest BCUT2D eigenvalue weighted by atomic mass is 32.2. The zero-order chi connectivity index (χ0) is 12.3. The van der Waals surface area contributed by atoms with Gasteiger partial charge in [0, 0.05) is 6.42 Å². The topological polar surface area (TPSA) is 43.4 Å². The first-order chi connectivity index (χ1) is 6.56. The van der Waals surface area contributed by atoms with E-state index in [4.69, 9.17) is 10.6 Å². The molecule has 3 nitrogen and oxygen atoms in total. The summed E-state index contributed by atoms with van der Waals surface area (Å²) in [7, 11) is -3.47. The first-order valence-electron chi connectivity index (χ1n) is 4.59. The molecule has 0 saturated carbocycles. The first-order valence-corrected chi connectivity index (χ1v) is 6.40. The summed E-state index contributed by atoms with van der Waals surface area (Å²) in [6.45, 7) is 9.33. The van der Waals surface area contributed by atoms with Crippen LogP contribution >= 0.6 is 0 Å². The van der Waals surface area contributed by atoms with Crippen LogP contribution in [0.5, 0.6) is 0 Å². The van der Waals surface area contributed by atoms with Crippen LogP contribution in [0.1, 0.15) is 27.2 Å². The Morgan fingerprint density at radius 1 is 1.53 bits per heavy atom. The third-order valence-corrected chi connectivity index (χ3v) is 2.47. The fourth-order valence-electron chi connectivity index (χ4n) is 0.978. The minimum absolute atomic E-state index is 0.303. The molecule has 0 aliphatic rings. The third-order valence-electron chi connectivity index (χ3n) is 1.89. The van der Waals surface area contributed by atoms with E-state index in [1.807, 2.05) is 20.8 Å². The second-order valence-electron chi connectivity index (χ2n) is 4.61. The summed E-state index contributed by atoms with van der Waals surface area (Å²) in [5.41, 5.74) is 0.238. The van der Waals surface area contributed by atoms with Gasteiger partial charge in [-0.15, -0.1) is 6.42 Å². The lowest BCUT2D eigenvalue weighted by Gasteiger charge is -2.29. The predicted molar refractivity (Wildman–Crippen MR) is 61.8 cm³/mol. The minimum Gasteiger partial charge on any atom is -0.266 e. The van der Waals surface area contributed by atoms with Gasteiger partial charge in [0.15, 0.2) is 0 Å². The van der Waals surface area contributed by atoms with E-state index < -0.39 is 16.2 Å². The summed E-state index contributed by atoms with van der Waals surface area (Å²) in [6.07, 6.45) is 6.08. The van der Waals surface area contributed by atoms with Crippen LogP contribution in [0.4, 0.5) is 0 Å². The van der Waals surface area contributed by atoms with Crippen molar-refractivity contribution in [3.63, 3.8) is 0 Å². The number of hydrogen-bond acceptors (Lipinski definition) is 3. The molecular formula is C11H18O3S. The van der Waals surface area contributed by atoms with Crippen LogP contribution in [0, 0.1) is 17.8 Å². The highest BCUT2D eigenvalue weighted by Gasteiger charge is 2.29. The third kappa shape index (κ3) is 6.32. The van der Waals surface area contributed by atoms with E-state index in [0.29, 0.717) is 12.0 Å². The number of rotatable bonds is 4. The Hall–Kier alpha value is -0.790. The molecular weight excluding hydrogens is 212 g/mol. The SMILES string of the molecule is C#CC(=C)CC(OS(C)(=O)=O)C(C)(C)C. The molecule has 0 saturated heterocycles. The Labute approximate surface area is 92.6 Å². The van der Waals surface area contributed by atoms with Gasteiger partial charge < -0.3 is 0 Å². The second-order valence-corrected chi connectivity index (χ2v) is 6.21. The van der Waals surface area contributed by atoms with Gasteiger partial charge in [-0.05, 0) is 11.0 Å². The molecule has 4 heteroatoms. The predicted octanol–water partition coefficient (Wildman–Crippen LogP) is 1.96. The smallest absolute Gasteiger partial charge is 0.264 e. The average molecular weight is 230 g/mol. The molecule has 0 fully saturated rings. The maximum atomic E-state index is 11.1. The van der Waals surface area contributed by atoms with Crippen molar-refractivity contribution in [2.24, 2.45) is 5.41 Å². The van der Waals surface area contributed by atoms with E-state index in [2.05, 4.69) is 12.5 Å². The quantitative estimate of drug-likeness (QED) is 0.547. The van der Waals surface area contributed by atoms with Crippen molar-refractivity contribution in [2.45, 2.75) is 33.3 Å². The molecule has 0 heterocycles. The molecule has 0 aliphatic heterocycles. The fourth-order valence-corrected chi connectivity index (χ4v) is 1.76. The highest BCUT2D eigenvalue weighted by molar-refractivity contribution is 7.86. The van der Waals surface area contributed by atoms with Crippen molar-refractivity contribution >= 4 is 10.1 Å². The Kier molecular flexibility index (Phi) is 4.57. The van der Waals surface area contributed by atoms with Crippen LogP contribution in [0.15, 0.2) is 12.2 Å². The molecule has 15 heavy (non-hydrogen) atoms. The Balaban J connectivity index is 4.78. The maximum absolute atomic E-state index is 11.1. The first kappa shape index (κ1) is 14.2. The van der Waals surface area contributed by atoms with Crippen molar-refractivity contribution in [1.82, 2.24) is 0 Å². The standard InChI is InChI=1S/C11H18O3S/c1-7-9(2)8-10(11(3,4)5)14-15(6,12)13/h1,10H,2,8H2,3-6H3. The van der Waals surface area contributed by atoms with Gasteiger partial charge in [0.2, 0.25) is 0 Å². The molecule has 0 aromatic rings. The summed E-state index contributed by atoms with van der Waals surface area (Å²) in [5, 5.41) is 0. The Morgan fingerprint density at radius 2 is 2.00 bits per heavy atom. The molecule has 0 spiro atoms. The number of hydrogen-bond donors (Lipinski definition) is 0. The molecule has 1 unspecified atom stereocenters. The van der Waals surface area contributed by atoms with E-state index in [9.17, 15) is 8.42 Å². The second kappa shape index (κ2) is 4.82. The van der Waals surface area contributed by atoms with Gasteiger partial charge in [-0.25, -0.2) is 0 Å². The molecule has 0 N–H and O–H groups in total. The van der Waals surface area contributed by atoms with E-state index in [0.717, 1.165) is 6.26 Å². The normalized spacial score (nSPS) is 14.3. The molecule has 1 atom stereocenters. The van der Waals surface area contributed by atoms with Crippen molar-refractivity contribution in [3.8, 4) is 12.3 Å². The van der Waals surface area contributed by atoms with E-state index in [1.54, 1.807) is 0 Å². The molecule has 0 rings (SSSR count). The summed E-state index contributed by atoms with van der Waals surface area (Å²) in [5.74, 6) is 2.38. The van der Waals surface area contributed by atoms with E-state index >= 15 is 0 Å². The molecule has 0 aromatic carbocycles. The summed E-state index contributed by atoms with van der Waals surface area (Å²) in [4.78, 5) is 0. The van der Waals surface area contributed by atoms with Crippen LogP contribution in [0.3, 0.4) is 0 Å². The van der Waals surface area contributed by atoms with Crippen LogP contribution < -0.4 is 0 Å². The van der Waals surface area contributed by atoms with E-state index in [-0.39, 0.29) is 5.41 Å². The summed E-state index contributed by atoms with van der Waals surface area (Å²) in [6, 6.07) is 0. The van der Waals surface area contributed by atoms with Crippen LogP contribution in [0.25, 0.3) is 0 Å². The molecule has 0 radical (unpaired) electrons. The van der Waals surface area contributed by atoms with Gasteiger partial charge in [-0.1, -0.05) is 33.3 Å². The van der Waals surface area contributed by atoms with Crippen LogP contribution in [-0.2, 0) is 14.3 Å². The lowest BCUT2D eigenvalue weighted by molar-refractivity contribution is 0.0955. The fraction of sp³-hybridized carbons (Fsp3) is 0.636. The minimum atomic E-state index is -3.47. The van der Waals surface area contributed by atoms with Crippen LogP contribution in [-0.4, -0.2) is 20.8 Å². The van der Waals surface area contributed by atoms with Crippen molar-refractivity contribution < 1.29 is 12.6 Å². The molecule has 0 aromatic heterocycles. The average Bonchev–Trinajstić information content (AvgIpc) is 1.98. The van der Waals surface area contributed by atoms with Gasteiger partial charge in [-0.2, -0.15) is 8.42 Å². The van der Waals surface area contributed by atoms with Crippen molar-refractivity contribution in [3.05, 3.63) is 12.2 Å². The van der Waals surface area contributed by atoms with Gasteiger partial charge in [-0.3, -0.25) is 4.18 Å². The van der Waals surface area contributed by atoms with Gasteiger partial charge in [0.1, 0.15) is 0 Å². The number of terminal acetylenes is 1. The van der Waals surface area contributed by atoms with Crippen molar-refractivity contribution in [1.29, 1.82) is 0 Å². The van der Waals surface area contributed by atoms with Gasteiger partial charge >= 0.3 is 0 Å². The molecule has 0 amide bonds. The zero-order valence-corrected chi connectivity index (χ0v) is 10.5. The van der Waals surface area contributed by atoms with Crippen molar-refractivity contribution in [2.75, 3.05) is 6.26 Å². The van der Waals surface area contributed by atoms with Crippen LogP contribution in [0.2, 0.25) is 0 Å². The lowest BCUT2D eigenvalue weighted by atomic mass is 9.86. The summed E-state index contributed by atoms with van der Waals surface area (Å²) < 4.78 is 27.1.